The minimum absolute atomic E-state index is 0.0622. The van der Waals surface area contributed by atoms with E-state index in [1.54, 1.807) is 0 Å². The first-order chi connectivity index (χ1) is 7.60. The summed E-state index contributed by atoms with van der Waals surface area (Å²) in [7, 11) is 0. The standard InChI is InChI=1S/C10H19F3N2O2/c1-9(2,3)15-8(16)6-14-4-5-17-7-10(11,12)13/h14H,4-7H2,1-3H3,(H,15,16). The minimum atomic E-state index is -4.30. The van der Waals surface area contributed by atoms with E-state index in [-0.39, 0.29) is 31.1 Å². The summed E-state index contributed by atoms with van der Waals surface area (Å²) in [6.07, 6.45) is -4.30. The Labute approximate surface area is 98.9 Å². The molecule has 0 radical (unpaired) electrons. The Hall–Kier alpha value is -0.820. The lowest BCUT2D eigenvalue weighted by molar-refractivity contribution is -0.173. The van der Waals surface area contributed by atoms with Crippen molar-refractivity contribution in [3.63, 3.8) is 0 Å². The number of ether oxygens (including phenoxy) is 1. The topological polar surface area (TPSA) is 50.4 Å². The molecule has 102 valence electrons. The van der Waals surface area contributed by atoms with Crippen LogP contribution in [0.3, 0.4) is 0 Å². The molecule has 0 spiro atoms. The van der Waals surface area contributed by atoms with Gasteiger partial charge in [0.05, 0.1) is 13.2 Å². The number of carbonyl (C=O) groups is 1. The molecule has 7 heteroatoms. The Morgan fingerprint density at radius 3 is 2.29 bits per heavy atom. The normalized spacial score (nSPS) is 12.6. The number of rotatable bonds is 6. The summed E-state index contributed by atoms with van der Waals surface area (Å²) in [5.74, 6) is -0.201. The van der Waals surface area contributed by atoms with E-state index in [0.717, 1.165) is 0 Å². The van der Waals surface area contributed by atoms with Gasteiger partial charge in [0.1, 0.15) is 6.61 Å². The van der Waals surface area contributed by atoms with Crippen LogP contribution in [0.2, 0.25) is 0 Å². The quantitative estimate of drug-likeness (QED) is 0.699. The molecule has 0 aliphatic heterocycles. The molecular weight excluding hydrogens is 237 g/mol. The van der Waals surface area contributed by atoms with E-state index in [1.165, 1.54) is 0 Å². The van der Waals surface area contributed by atoms with E-state index in [9.17, 15) is 18.0 Å². The fraction of sp³-hybridized carbons (Fsp3) is 0.900. The first-order valence-electron chi connectivity index (χ1n) is 5.26. The Bertz CT molecular complexity index is 237. The third-order valence-corrected chi connectivity index (χ3v) is 1.49. The Morgan fingerprint density at radius 1 is 1.24 bits per heavy atom. The molecule has 0 rings (SSSR count). The van der Waals surface area contributed by atoms with Gasteiger partial charge in [0.25, 0.3) is 0 Å². The number of hydrogen-bond acceptors (Lipinski definition) is 3. The van der Waals surface area contributed by atoms with Crippen LogP contribution in [0.5, 0.6) is 0 Å². The molecule has 0 saturated carbocycles. The molecule has 17 heavy (non-hydrogen) atoms. The van der Waals surface area contributed by atoms with Crippen LogP contribution in [-0.4, -0.2) is 43.9 Å². The third kappa shape index (κ3) is 13.1. The van der Waals surface area contributed by atoms with Gasteiger partial charge >= 0.3 is 6.18 Å². The van der Waals surface area contributed by atoms with Crippen LogP contribution in [0.4, 0.5) is 13.2 Å². The highest BCUT2D eigenvalue weighted by molar-refractivity contribution is 5.78. The van der Waals surface area contributed by atoms with Gasteiger partial charge in [-0.15, -0.1) is 0 Å². The second kappa shape index (κ2) is 6.80. The Kier molecular flexibility index (Phi) is 6.48. The highest BCUT2D eigenvalue weighted by atomic mass is 19.4. The average Bonchev–Trinajstić information content (AvgIpc) is 2.06. The van der Waals surface area contributed by atoms with Crippen LogP contribution in [-0.2, 0) is 9.53 Å². The third-order valence-electron chi connectivity index (χ3n) is 1.49. The molecule has 0 heterocycles. The van der Waals surface area contributed by atoms with Gasteiger partial charge in [0.15, 0.2) is 0 Å². The van der Waals surface area contributed by atoms with Crippen LogP contribution in [0.25, 0.3) is 0 Å². The van der Waals surface area contributed by atoms with Gasteiger partial charge in [-0.25, -0.2) is 0 Å². The largest absolute Gasteiger partial charge is 0.411 e. The lowest BCUT2D eigenvalue weighted by Crippen LogP contribution is -2.45. The predicted molar refractivity (Wildman–Crippen MR) is 57.6 cm³/mol. The Balaban J connectivity index is 3.44. The van der Waals surface area contributed by atoms with Crippen molar-refractivity contribution < 1.29 is 22.7 Å². The van der Waals surface area contributed by atoms with E-state index < -0.39 is 12.8 Å². The Morgan fingerprint density at radius 2 is 1.82 bits per heavy atom. The van der Waals surface area contributed by atoms with Crippen molar-refractivity contribution in [2.24, 2.45) is 0 Å². The summed E-state index contributed by atoms with van der Waals surface area (Å²) >= 11 is 0. The first-order valence-corrected chi connectivity index (χ1v) is 5.26. The zero-order valence-electron chi connectivity index (χ0n) is 10.3. The van der Waals surface area contributed by atoms with E-state index >= 15 is 0 Å². The number of nitrogens with one attached hydrogen (secondary N) is 2. The molecule has 0 fully saturated rings. The zero-order valence-corrected chi connectivity index (χ0v) is 10.3. The molecule has 0 aromatic carbocycles. The molecule has 0 bridgehead atoms. The van der Waals surface area contributed by atoms with Gasteiger partial charge < -0.3 is 15.4 Å². The molecule has 4 nitrogen and oxygen atoms in total. The van der Waals surface area contributed by atoms with Crippen LogP contribution in [0, 0.1) is 0 Å². The number of hydrogen-bond donors (Lipinski definition) is 2. The van der Waals surface area contributed by atoms with Gasteiger partial charge in [0.2, 0.25) is 5.91 Å². The molecule has 0 unspecified atom stereocenters. The summed E-state index contributed by atoms with van der Waals surface area (Å²) < 4.78 is 39.4. The molecule has 0 aromatic rings. The van der Waals surface area contributed by atoms with Crippen LogP contribution in [0.1, 0.15) is 20.8 Å². The van der Waals surface area contributed by atoms with Crippen molar-refractivity contribution in [3.05, 3.63) is 0 Å². The van der Waals surface area contributed by atoms with Crippen molar-refractivity contribution >= 4 is 5.91 Å². The summed E-state index contributed by atoms with van der Waals surface area (Å²) in [5, 5.41) is 5.40. The van der Waals surface area contributed by atoms with Crippen LogP contribution < -0.4 is 10.6 Å². The van der Waals surface area contributed by atoms with Crippen molar-refractivity contribution in [1.29, 1.82) is 0 Å². The molecular formula is C10H19F3N2O2. The van der Waals surface area contributed by atoms with E-state index in [2.05, 4.69) is 15.4 Å². The summed E-state index contributed by atoms with van der Waals surface area (Å²) in [6.45, 7) is 4.46. The minimum Gasteiger partial charge on any atom is -0.371 e. The maximum Gasteiger partial charge on any atom is 0.411 e. The second-order valence-corrected chi connectivity index (χ2v) is 4.64. The first kappa shape index (κ1) is 16.2. The monoisotopic (exact) mass is 256 g/mol. The van der Waals surface area contributed by atoms with Gasteiger partial charge in [-0.3, -0.25) is 4.79 Å². The van der Waals surface area contributed by atoms with Gasteiger partial charge in [0, 0.05) is 12.1 Å². The summed E-state index contributed by atoms with van der Waals surface area (Å²) in [4.78, 5) is 11.3. The maximum atomic E-state index is 11.7. The zero-order chi connectivity index (χ0) is 13.5. The molecule has 0 aliphatic carbocycles. The van der Waals surface area contributed by atoms with Crippen LogP contribution >= 0.6 is 0 Å². The molecule has 1 amide bonds. The highest BCUT2D eigenvalue weighted by Gasteiger charge is 2.27. The number of alkyl halides is 3. The summed E-state index contributed by atoms with van der Waals surface area (Å²) in [5.41, 5.74) is -0.314. The molecule has 0 aromatic heterocycles. The van der Waals surface area contributed by atoms with E-state index in [0.29, 0.717) is 0 Å². The second-order valence-electron chi connectivity index (χ2n) is 4.64. The maximum absolute atomic E-state index is 11.7. The van der Waals surface area contributed by atoms with Crippen LogP contribution in [0.15, 0.2) is 0 Å². The number of amides is 1. The smallest absolute Gasteiger partial charge is 0.371 e. The SMILES string of the molecule is CC(C)(C)NC(=O)CNCCOCC(F)(F)F. The highest BCUT2D eigenvalue weighted by Crippen LogP contribution is 2.13. The van der Waals surface area contributed by atoms with Crippen molar-refractivity contribution in [2.45, 2.75) is 32.5 Å². The lowest BCUT2D eigenvalue weighted by Gasteiger charge is -2.20. The molecule has 0 saturated heterocycles. The molecule has 0 aliphatic rings. The van der Waals surface area contributed by atoms with Gasteiger partial charge in [-0.2, -0.15) is 13.2 Å². The average molecular weight is 256 g/mol. The number of carbonyl (C=O) groups excluding carboxylic acids is 1. The molecule has 2 N–H and O–H groups in total. The fourth-order valence-electron chi connectivity index (χ4n) is 0.997. The van der Waals surface area contributed by atoms with Crippen molar-refractivity contribution in [3.8, 4) is 0 Å². The lowest BCUT2D eigenvalue weighted by atomic mass is 10.1. The van der Waals surface area contributed by atoms with Gasteiger partial charge in [-0.1, -0.05) is 0 Å². The molecule has 0 atom stereocenters. The van der Waals surface area contributed by atoms with Crippen molar-refractivity contribution in [2.75, 3.05) is 26.3 Å². The predicted octanol–water partition coefficient (Wildman–Crippen LogP) is 1.07. The fourth-order valence-corrected chi connectivity index (χ4v) is 0.997. The number of halogens is 3. The van der Waals surface area contributed by atoms with E-state index in [1.807, 2.05) is 20.8 Å². The van der Waals surface area contributed by atoms with Crippen molar-refractivity contribution in [1.82, 2.24) is 10.6 Å². The summed E-state index contributed by atoms with van der Waals surface area (Å²) in [6, 6.07) is 0. The van der Waals surface area contributed by atoms with E-state index in [4.69, 9.17) is 0 Å². The van der Waals surface area contributed by atoms with Gasteiger partial charge in [-0.05, 0) is 20.8 Å².